The number of rotatable bonds is 1. The van der Waals surface area contributed by atoms with Crippen molar-refractivity contribution in [2.24, 2.45) is 0 Å². The monoisotopic (exact) mass is 456 g/mol. The van der Waals surface area contributed by atoms with Crippen LogP contribution in [0.15, 0.2) is 77.2 Å². The molecule has 7 heteroatoms. The Hall–Kier alpha value is -3.41. The van der Waals surface area contributed by atoms with Gasteiger partial charge in [0.2, 0.25) is 0 Å². The van der Waals surface area contributed by atoms with Crippen LogP contribution in [0, 0.1) is 5.82 Å². The van der Waals surface area contributed by atoms with Gasteiger partial charge in [0.25, 0.3) is 0 Å². The SMILES string of the molecule is Oc1cc(Cl)cc(O)c1-c1ccccc1F.Oc1cc(Cl)cc2oc3ccccc3c12. The van der Waals surface area contributed by atoms with Gasteiger partial charge in [0.1, 0.15) is 34.2 Å². The number of phenols is 3. The molecule has 156 valence electrons. The molecule has 1 aromatic heterocycles. The molecule has 5 aromatic rings. The predicted octanol–water partition coefficient (Wildman–Crippen LogP) is 7.50. The molecule has 1 heterocycles. The van der Waals surface area contributed by atoms with E-state index in [1.54, 1.807) is 12.1 Å². The van der Waals surface area contributed by atoms with Crippen LogP contribution in [-0.2, 0) is 0 Å². The predicted molar refractivity (Wildman–Crippen MR) is 121 cm³/mol. The lowest BCUT2D eigenvalue weighted by molar-refractivity contribution is 0.453. The maximum absolute atomic E-state index is 13.5. The summed E-state index contributed by atoms with van der Waals surface area (Å²) in [4.78, 5) is 0. The van der Waals surface area contributed by atoms with Crippen molar-refractivity contribution in [1.29, 1.82) is 0 Å². The van der Waals surface area contributed by atoms with Gasteiger partial charge in [-0.15, -0.1) is 0 Å². The van der Waals surface area contributed by atoms with E-state index >= 15 is 0 Å². The molecule has 31 heavy (non-hydrogen) atoms. The van der Waals surface area contributed by atoms with Gasteiger partial charge in [-0.1, -0.05) is 59.6 Å². The highest BCUT2D eigenvalue weighted by Gasteiger charge is 2.14. The molecule has 0 unspecified atom stereocenters. The minimum absolute atomic E-state index is 0.0440. The Kier molecular flexibility index (Phi) is 5.63. The molecule has 0 aliphatic heterocycles. The molecule has 0 aliphatic carbocycles. The molecule has 0 spiro atoms. The van der Waals surface area contributed by atoms with Crippen molar-refractivity contribution in [2.75, 3.05) is 0 Å². The first-order valence-electron chi connectivity index (χ1n) is 9.11. The molecule has 4 nitrogen and oxygen atoms in total. The number of para-hydroxylation sites is 1. The lowest BCUT2D eigenvalue weighted by atomic mass is 10.0. The Morgan fingerprint density at radius 3 is 1.97 bits per heavy atom. The smallest absolute Gasteiger partial charge is 0.140 e. The van der Waals surface area contributed by atoms with Crippen LogP contribution in [0.25, 0.3) is 33.1 Å². The van der Waals surface area contributed by atoms with E-state index in [-0.39, 0.29) is 33.4 Å². The normalized spacial score (nSPS) is 10.8. The molecule has 0 amide bonds. The number of halogens is 3. The third kappa shape index (κ3) is 4.10. The summed E-state index contributed by atoms with van der Waals surface area (Å²) < 4.78 is 19.1. The standard InChI is InChI=1S/C12H8ClFO2.C12H7ClO2/c13-7-5-10(15)12(11(16)6-7)8-3-1-2-4-9(8)14;13-7-5-9(14)12-8-3-1-2-4-10(8)15-11(12)6-7/h1-6,15-16H;1-6,14H. The van der Waals surface area contributed by atoms with Crippen LogP contribution in [0.5, 0.6) is 17.2 Å². The average Bonchev–Trinajstić information content (AvgIpc) is 3.07. The number of hydrogen-bond donors (Lipinski definition) is 3. The average molecular weight is 457 g/mol. The molecular weight excluding hydrogens is 442 g/mol. The van der Waals surface area contributed by atoms with Gasteiger partial charge in [0.05, 0.1) is 10.9 Å². The topological polar surface area (TPSA) is 73.8 Å². The van der Waals surface area contributed by atoms with Crippen LogP contribution in [0.2, 0.25) is 10.0 Å². The van der Waals surface area contributed by atoms with Crippen molar-refractivity contribution < 1.29 is 24.1 Å². The number of hydrogen-bond acceptors (Lipinski definition) is 4. The van der Waals surface area contributed by atoms with E-state index in [9.17, 15) is 19.7 Å². The van der Waals surface area contributed by atoms with Crippen LogP contribution in [0.4, 0.5) is 4.39 Å². The molecule has 0 fully saturated rings. The third-order valence-corrected chi connectivity index (χ3v) is 5.06. The summed E-state index contributed by atoms with van der Waals surface area (Å²) in [5.41, 5.74) is 1.54. The number of phenolic OH excluding ortho intramolecular Hbond substituents is 3. The van der Waals surface area contributed by atoms with E-state index in [0.29, 0.717) is 10.6 Å². The summed E-state index contributed by atoms with van der Waals surface area (Å²) in [6.07, 6.45) is 0. The van der Waals surface area contributed by atoms with E-state index in [1.165, 1.54) is 36.4 Å². The molecule has 4 aromatic carbocycles. The highest BCUT2D eigenvalue weighted by atomic mass is 35.5. The molecule has 3 N–H and O–H groups in total. The Balaban J connectivity index is 0.000000149. The minimum atomic E-state index is -0.518. The molecular formula is C24H15Cl2FO4. The van der Waals surface area contributed by atoms with Gasteiger partial charge in [-0.25, -0.2) is 4.39 Å². The number of furan rings is 1. The van der Waals surface area contributed by atoms with Gasteiger partial charge in [-0.3, -0.25) is 0 Å². The van der Waals surface area contributed by atoms with Crippen molar-refractivity contribution in [3.63, 3.8) is 0 Å². The van der Waals surface area contributed by atoms with Crippen molar-refractivity contribution in [1.82, 2.24) is 0 Å². The zero-order valence-corrected chi connectivity index (χ0v) is 17.3. The van der Waals surface area contributed by atoms with E-state index in [2.05, 4.69) is 0 Å². The second kappa shape index (κ2) is 8.38. The molecule has 0 saturated carbocycles. The molecule has 0 radical (unpaired) electrons. The first-order chi connectivity index (χ1) is 14.8. The van der Waals surface area contributed by atoms with E-state index in [4.69, 9.17) is 27.6 Å². The van der Waals surface area contributed by atoms with E-state index < -0.39 is 5.82 Å². The maximum Gasteiger partial charge on any atom is 0.140 e. The zero-order chi connectivity index (χ0) is 22.1. The summed E-state index contributed by atoms with van der Waals surface area (Å²) in [7, 11) is 0. The second-order valence-electron chi connectivity index (χ2n) is 6.70. The molecule has 0 aliphatic rings. The largest absolute Gasteiger partial charge is 0.507 e. The van der Waals surface area contributed by atoms with Crippen LogP contribution < -0.4 is 0 Å². The van der Waals surface area contributed by atoms with Crippen LogP contribution in [-0.4, -0.2) is 15.3 Å². The van der Waals surface area contributed by atoms with Gasteiger partial charge < -0.3 is 19.7 Å². The fourth-order valence-corrected chi connectivity index (χ4v) is 3.73. The van der Waals surface area contributed by atoms with Crippen molar-refractivity contribution >= 4 is 45.1 Å². The van der Waals surface area contributed by atoms with E-state index in [0.717, 1.165) is 16.4 Å². The third-order valence-electron chi connectivity index (χ3n) is 4.63. The van der Waals surface area contributed by atoms with E-state index in [1.807, 2.05) is 24.3 Å². The van der Waals surface area contributed by atoms with Crippen molar-refractivity contribution in [3.05, 3.63) is 88.7 Å². The highest BCUT2D eigenvalue weighted by Crippen LogP contribution is 2.40. The summed E-state index contributed by atoms with van der Waals surface area (Å²) >= 11 is 11.5. The summed E-state index contributed by atoms with van der Waals surface area (Å²) in [6.45, 7) is 0. The lowest BCUT2D eigenvalue weighted by Gasteiger charge is -2.08. The van der Waals surface area contributed by atoms with Crippen LogP contribution in [0.1, 0.15) is 0 Å². The first kappa shape index (κ1) is 20.8. The Bertz CT molecular complexity index is 1390. The van der Waals surface area contributed by atoms with Crippen molar-refractivity contribution in [3.8, 4) is 28.4 Å². The Morgan fingerprint density at radius 2 is 1.26 bits per heavy atom. The Morgan fingerprint density at radius 1 is 0.677 bits per heavy atom. The fourth-order valence-electron chi connectivity index (χ4n) is 3.32. The molecule has 0 saturated heterocycles. The molecule has 0 bridgehead atoms. The van der Waals surface area contributed by atoms with Gasteiger partial charge in [0, 0.05) is 27.1 Å². The second-order valence-corrected chi connectivity index (χ2v) is 7.57. The highest BCUT2D eigenvalue weighted by molar-refractivity contribution is 6.32. The number of benzene rings is 4. The summed E-state index contributed by atoms with van der Waals surface area (Å²) in [5.74, 6) is -0.872. The van der Waals surface area contributed by atoms with Gasteiger partial charge in [-0.2, -0.15) is 0 Å². The van der Waals surface area contributed by atoms with Gasteiger partial charge >= 0.3 is 0 Å². The summed E-state index contributed by atoms with van der Waals surface area (Å²) in [6, 6.07) is 19.2. The number of aromatic hydroxyl groups is 3. The summed E-state index contributed by atoms with van der Waals surface area (Å²) in [5, 5.41) is 31.4. The Labute approximate surface area is 186 Å². The van der Waals surface area contributed by atoms with Crippen LogP contribution in [0.3, 0.4) is 0 Å². The quantitative estimate of drug-likeness (QED) is 0.244. The number of fused-ring (bicyclic) bond motifs is 3. The van der Waals surface area contributed by atoms with Gasteiger partial charge in [-0.05, 0) is 30.3 Å². The van der Waals surface area contributed by atoms with Gasteiger partial charge in [0.15, 0.2) is 0 Å². The maximum atomic E-state index is 13.5. The fraction of sp³-hybridized carbons (Fsp3) is 0. The minimum Gasteiger partial charge on any atom is -0.507 e. The molecule has 0 atom stereocenters. The zero-order valence-electron chi connectivity index (χ0n) is 15.8. The molecule has 5 rings (SSSR count). The van der Waals surface area contributed by atoms with Crippen molar-refractivity contribution in [2.45, 2.75) is 0 Å². The lowest BCUT2D eigenvalue weighted by Crippen LogP contribution is -1.85. The van der Waals surface area contributed by atoms with Crippen LogP contribution >= 0.6 is 23.2 Å². The first-order valence-corrected chi connectivity index (χ1v) is 9.87.